The van der Waals surface area contributed by atoms with Crippen LogP contribution in [0.25, 0.3) is 0 Å². The monoisotopic (exact) mass is 266 g/mol. The minimum Gasteiger partial charge on any atom is -0.465 e. The van der Waals surface area contributed by atoms with E-state index in [4.69, 9.17) is 4.42 Å². The lowest BCUT2D eigenvalue weighted by atomic mass is 9.96. The normalized spacial score (nSPS) is 12.4. The molecule has 3 heteroatoms. The van der Waals surface area contributed by atoms with Crippen molar-refractivity contribution in [3.63, 3.8) is 0 Å². The fourth-order valence-corrected chi connectivity index (χ4v) is 2.37. The average Bonchev–Trinajstić information content (AvgIpc) is 2.56. The van der Waals surface area contributed by atoms with E-state index in [9.17, 15) is 0 Å². The molecule has 1 aromatic heterocycles. The summed E-state index contributed by atoms with van der Waals surface area (Å²) in [4.78, 5) is 2.32. The van der Waals surface area contributed by atoms with Crippen LogP contribution in [0.4, 0.5) is 0 Å². The van der Waals surface area contributed by atoms with E-state index in [-0.39, 0.29) is 0 Å². The molecular weight excluding hydrogens is 236 g/mol. The second-order valence-electron chi connectivity index (χ2n) is 6.70. The van der Waals surface area contributed by atoms with Crippen molar-refractivity contribution in [3.8, 4) is 0 Å². The van der Waals surface area contributed by atoms with Gasteiger partial charge in [0.25, 0.3) is 0 Å². The molecule has 0 atom stereocenters. The van der Waals surface area contributed by atoms with Crippen LogP contribution in [0.2, 0.25) is 0 Å². The third-order valence-corrected chi connectivity index (χ3v) is 2.98. The Balaban J connectivity index is 2.53. The molecule has 0 aromatic carbocycles. The third-order valence-electron chi connectivity index (χ3n) is 2.98. The molecule has 0 spiro atoms. The topological polar surface area (TPSA) is 28.4 Å². The molecule has 1 N–H and O–H groups in total. The van der Waals surface area contributed by atoms with E-state index >= 15 is 0 Å². The van der Waals surface area contributed by atoms with Gasteiger partial charge in [0, 0.05) is 18.7 Å². The van der Waals surface area contributed by atoms with Gasteiger partial charge in [0.1, 0.15) is 11.5 Å². The van der Waals surface area contributed by atoms with Crippen LogP contribution in [-0.2, 0) is 13.1 Å². The molecule has 0 radical (unpaired) electrons. The van der Waals surface area contributed by atoms with Crippen LogP contribution in [0.3, 0.4) is 0 Å². The van der Waals surface area contributed by atoms with E-state index in [0.717, 1.165) is 44.1 Å². The number of nitrogens with zero attached hydrogens (tertiary/aromatic N) is 1. The maximum atomic E-state index is 5.85. The fourth-order valence-electron chi connectivity index (χ4n) is 2.37. The fraction of sp³-hybridized carbons (Fsp3) is 0.750. The molecule has 110 valence electrons. The quantitative estimate of drug-likeness (QED) is 0.765. The van der Waals surface area contributed by atoms with Crippen LogP contribution in [0.5, 0.6) is 0 Å². The van der Waals surface area contributed by atoms with Crippen LogP contribution >= 0.6 is 0 Å². The Morgan fingerprint density at radius 1 is 1.32 bits per heavy atom. The predicted molar refractivity (Wildman–Crippen MR) is 81.2 cm³/mol. The highest BCUT2D eigenvalue weighted by molar-refractivity contribution is 5.20. The molecular formula is C16H30N2O. The highest BCUT2D eigenvalue weighted by Gasteiger charge is 2.15. The van der Waals surface area contributed by atoms with Crippen molar-refractivity contribution >= 4 is 0 Å². The summed E-state index contributed by atoms with van der Waals surface area (Å²) in [6.45, 7) is 14.9. The molecule has 0 unspecified atom stereocenters. The van der Waals surface area contributed by atoms with E-state index in [1.165, 1.54) is 5.56 Å². The molecule has 0 amide bonds. The third kappa shape index (κ3) is 6.26. The second-order valence-corrected chi connectivity index (χ2v) is 6.70. The smallest absolute Gasteiger partial charge is 0.118 e. The SMILES string of the molecule is CCCNCc1cc(CN(C)CC(C)(C)C)oc1C. The first-order chi connectivity index (χ1) is 8.81. The van der Waals surface area contributed by atoms with Gasteiger partial charge < -0.3 is 9.73 Å². The van der Waals surface area contributed by atoms with Gasteiger partial charge in [0.05, 0.1) is 6.54 Å². The molecule has 0 aliphatic carbocycles. The predicted octanol–water partition coefficient (Wildman–Crippen LogP) is 3.57. The Labute approximate surface area is 118 Å². The maximum Gasteiger partial charge on any atom is 0.118 e. The van der Waals surface area contributed by atoms with Crippen molar-refractivity contribution in [2.24, 2.45) is 5.41 Å². The Hall–Kier alpha value is -0.800. The van der Waals surface area contributed by atoms with Gasteiger partial charge in [-0.2, -0.15) is 0 Å². The van der Waals surface area contributed by atoms with Crippen molar-refractivity contribution in [3.05, 3.63) is 23.2 Å². The minimum atomic E-state index is 0.321. The number of hydrogen-bond donors (Lipinski definition) is 1. The van der Waals surface area contributed by atoms with Gasteiger partial charge in [0.2, 0.25) is 0 Å². The number of hydrogen-bond acceptors (Lipinski definition) is 3. The van der Waals surface area contributed by atoms with Gasteiger partial charge in [-0.15, -0.1) is 0 Å². The minimum absolute atomic E-state index is 0.321. The lowest BCUT2D eigenvalue weighted by molar-refractivity contribution is 0.207. The van der Waals surface area contributed by atoms with Gasteiger partial charge in [-0.1, -0.05) is 27.7 Å². The zero-order chi connectivity index (χ0) is 14.5. The van der Waals surface area contributed by atoms with Crippen LogP contribution in [0.15, 0.2) is 10.5 Å². The van der Waals surface area contributed by atoms with Crippen LogP contribution in [0, 0.1) is 12.3 Å². The summed E-state index contributed by atoms with van der Waals surface area (Å²) in [6, 6.07) is 2.19. The van der Waals surface area contributed by atoms with Crippen molar-refractivity contribution in [2.45, 2.75) is 54.1 Å². The zero-order valence-electron chi connectivity index (χ0n) is 13.5. The van der Waals surface area contributed by atoms with Crippen LogP contribution < -0.4 is 5.32 Å². The molecule has 1 rings (SSSR count). The summed E-state index contributed by atoms with van der Waals surface area (Å²) >= 11 is 0. The molecule has 0 saturated heterocycles. The summed E-state index contributed by atoms with van der Waals surface area (Å²) in [5.41, 5.74) is 1.61. The highest BCUT2D eigenvalue weighted by Crippen LogP contribution is 2.19. The van der Waals surface area contributed by atoms with Crippen molar-refractivity contribution in [2.75, 3.05) is 20.1 Å². The lowest BCUT2D eigenvalue weighted by Gasteiger charge is -2.25. The molecule has 0 aliphatic heterocycles. The second kappa shape index (κ2) is 7.11. The van der Waals surface area contributed by atoms with Gasteiger partial charge in [-0.05, 0) is 38.4 Å². The van der Waals surface area contributed by atoms with E-state index in [2.05, 4.69) is 57.9 Å². The summed E-state index contributed by atoms with van der Waals surface area (Å²) in [5.74, 6) is 2.11. The van der Waals surface area contributed by atoms with Crippen molar-refractivity contribution in [1.82, 2.24) is 10.2 Å². The summed E-state index contributed by atoms with van der Waals surface area (Å²) < 4.78 is 5.85. The van der Waals surface area contributed by atoms with Crippen LogP contribution in [0.1, 0.15) is 51.2 Å². The Bertz CT molecular complexity index is 377. The highest BCUT2D eigenvalue weighted by atomic mass is 16.3. The van der Waals surface area contributed by atoms with E-state index in [0.29, 0.717) is 5.41 Å². The molecule has 0 bridgehead atoms. The van der Waals surface area contributed by atoms with Gasteiger partial charge in [-0.25, -0.2) is 0 Å². The van der Waals surface area contributed by atoms with E-state index < -0.39 is 0 Å². The molecule has 0 saturated carbocycles. The van der Waals surface area contributed by atoms with Crippen molar-refractivity contribution < 1.29 is 4.42 Å². The Kier molecular flexibility index (Phi) is 6.08. The largest absolute Gasteiger partial charge is 0.465 e. The average molecular weight is 266 g/mol. The number of nitrogens with one attached hydrogen (secondary N) is 1. The number of aryl methyl sites for hydroxylation is 1. The lowest BCUT2D eigenvalue weighted by Crippen LogP contribution is -2.28. The zero-order valence-corrected chi connectivity index (χ0v) is 13.5. The van der Waals surface area contributed by atoms with E-state index in [1.54, 1.807) is 0 Å². The number of furan rings is 1. The van der Waals surface area contributed by atoms with Gasteiger partial charge >= 0.3 is 0 Å². The Morgan fingerprint density at radius 3 is 2.58 bits per heavy atom. The molecule has 1 aromatic rings. The Morgan fingerprint density at radius 2 is 2.00 bits per heavy atom. The van der Waals surface area contributed by atoms with Gasteiger partial charge in [-0.3, -0.25) is 4.90 Å². The number of rotatable bonds is 7. The summed E-state index contributed by atoms with van der Waals surface area (Å²) in [5, 5.41) is 3.42. The van der Waals surface area contributed by atoms with Gasteiger partial charge in [0.15, 0.2) is 0 Å². The van der Waals surface area contributed by atoms with E-state index in [1.807, 2.05) is 0 Å². The van der Waals surface area contributed by atoms with Crippen LogP contribution in [-0.4, -0.2) is 25.0 Å². The molecule has 0 fully saturated rings. The maximum absolute atomic E-state index is 5.85. The molecule has 19 heavy (non-hydrogen) atoms. The molecule has 1 heterocycles. The summed E-state index contributed by atoms with van der Waals surface area (Å²) in [7, 11) is 2.15. The first kappa shape index (κ1) is 16.3. The standard InChI is InChI=1S/C16H30N2O/c1-7-8-17-10-14-9-15(19-13(14)2)11-18(6)12-16(3,4)5/h9,17H,7-8,10-12H2,1-6H3. The van der Waals surface area contributed by atoms with Crippen molar-refractivity contribution in [1.29, 1.82) is 0 Å². The summed E-state index contributed by atoms with van der Waals surface area (Å²) in [6.07, 6.45) is 1.16. The molecule has 0 aliphatic rings. The first-order valence-corrected chi connectivity index (χ1v) is 7.29. The molecule has 3 nitrogen and oxygen atoms in total. The first-order valence-electron chi connectivity index (χ1n) is 7.29.